The topological polar surface area (TPSA) is 67.4 Å². The molecule has 0 aliphatic rings. The van der Waals surface area contributed by atoms with E-state index in [1.165, 1.54) is 13.0 Å². The van der Waals surface area contributed by atoms with E-state index in [4.69, 9.17) is 39.5 Å². The summed E-state index contributed by atoms with van der Waals surface area (Å²) in [5.41, 5.74) is 1.36. The van der Waals surface area contributed by atoms with E-state index in [9.17, 15) is 9.59 Å². The third-order valence-electron chi connectivity index (χ3n) is 3.21. The van der Waals surface area contributed by atoms with Gasteiger partial charge in [-0.2, -0.15) is 0 Å². The standard InChI is InChI=1S/C19H17Cl3N2O3/c1-13(25)23-15-8-5-9-16(12-15)27-18(19(20,21)22)24-17(26)11-10-14-6-3-2-4-7-14/h2-12,18H,1H3,(H,23,25)(H,24,26)/b11-10-/t18-/m1/s1. The van der Waals surface area contributed by atoms with Gasteiger partial charge in [-0.1, -0.05) is 71.2 Å². The monoisotopic (exact) mass is 426 g/mol. The van der Waals surface area contributed by atoms with Gasteiger partial charge in [0.1, 0.15) is 5.75 Å². The maximum atomic E-state index is 12.2. The molecule has 142 valence electrons. The van der Waals surface area contributed by atoms with E-state index < -0.39 is 15.9 Å². The van der Waals surface area contributed by atoms with E-state index >= 15 is 0 Å². The number of carbonyl (C=O) groups is 2. The van der Waals surface area contributed by atoms with Crippen LogP contribution in [0.1, 0.15) is 12.5 Å². The number of hydrogen-bond acceptors (Lipinski definition) is 3. The smallest absolute Gasteiger partial charge is 0.246 e. The molecule has 1 atom stereocenters. The second-order valence-electron chi connectivity index (χ2n) is 5.50. The number of hydrogen-bond donors (Lipinski definition) is 2. The molecular formula is C19H17Cl3N2O3. The van der Waals surface area contributed by atoms with Crippen molar-refractivity contribution >= 4 is 58.4 Å². The van der Waals surface area contributed by atoms with Gasteiger partial charge in [0.25, 0.3) is 0 Å². The van der Waals surface area contributed by atoms with Crippen molar-refractivity contribution in [1.82, 2.24) is 5.32 Å². The first-order valence-corrected chi connectivity index (χ1v) is 9.02. The lowest BCUT2D eigenvalue weighted by Gasteiger charge is -2.26. The summed E-state index contributed by atoms with van der Waals surface area (Å²) in [4.78, 5) is 23.3. The molecule has 0 bridgehead atoms. The van der Waals surface area contributed by atoms with E-state index in [0.717, 1.165) is 5.56 Å². The van der Waals surface area contributed by atoms with Crippen LogP contribution in [-0.2, 0) is 9.59 Å². The molecule has 2 aromatic rings. The van der Waals surface area contributed by atoms with Gasteiger partial charge >= 0.3 is 0 Å². The fourth-order valence-electron chi connectivity index (χ4n) is 2.08. The molecule has 27 heavy (non-hydrogen) atoms. The largest absolute Gasteiger partial charge is 0.466 e. The average Bonchev–Trinajstić information content (AvgIpc) is 2.59. The average molecular weight is 428 g/mol. The molecule has 0 heterocycles. The van der Waals surface area contributed by atoms with Crippen LogP contribution in [0, 0.1) is 0 Å². The van der Waals surface area contributed by atoms with Gasteiger partial charge in [0.05, 0.1) is 0 Å². The van der Waals surface area contributed by atoms with Gasteiger partial charge in [-0.3, -0.25) is 9.59 Å². The molecule has 0 saturated heterocycles. The summed E-state index contributed by atoms with van der Waals surface area (Å²) in [5, 5.41) is 5.12. The van der Waals surface area contributed by atoms with Crippen LogP contribution in [0.5, 0.6) is 5.75 Å². The van der Waals surface area contributed by atoms with Crippen LogP contribution in [0.4, 0.5) is 5.69 Å². The highest BCUT2D eigenvalue weighted by Gasteiger charge is 2.36. The van der Waals surface area contributed by atoms with Crippen molar-refractivity contribution < 1.29 is 14.3 Å². The molecule has 0 spiro atoms. The van der Waals surface area contributed by atoms with Gasteiger partial charge < -0.3 is 15.4 Å². The minimum atomic E-state index is -1.92. The molecule has 2 aromatic carbocycles. The van der Waals surface area contributed by atoms with Gasteiger partial charge in [0, 0.05) is 24.8 Å². The summed E-state index contributed by atoms with van der Waals surface area (Å²) in [6, 6.07) is 15.8. The minimum Gasteiger partial charge on any atom is -0.466 e. The Balaban J connectivity index is 2.08. The number of carbonyl (C=O) groups excluding carboxylic acids is 2. The Morgan fingerprint density at radius 1 is 1.07 bits per heavy atom. The van der Waals surface area contributed by atoms with Crippen LogP contribution < -0.4 is 15.4 Å². The fourth-order valence-corrected chi connectivity index (χ4v) is 2.38. The second-order valence-corrected chi connectivity index (χ2v) is 7.87. The Morgan fingerprint density at radius 2 is 1.78 bits per heavy atom. The molecule has 0 saturated carbocycles. The van der Waals surface area contributed by atoms with Gasteiger partial charge in [0.2, 0.25) is 21.8 Å². The van der Waals surface area contributed by atoms with Crippen molar-refractivity contribution in [1.29, 1.82) is 0 Å². The van der Waals surface area contributed by atoms with E-state index in [2.05, 4.69) is 10.6 Å². The zero-order chi connectivity index (χ0) is 19.9. The number of alkyl halides is 3. The molecule has 0 aromatic heterocycles. The Hall–Kier alpha value is -2.21. The first-order chi connectivity index (χ1) is 12.7. The first-order valence-electron chi connectivity index (χ1n) is 7.89. The van der Waals surface area contributed by atoms with Crippen molar-refractivity contribution in [2.45, 2.75) is 16.9 Å². The van der Waals surface area contributed by atoms with Crippen molar-refractivity contribution in [3.63, 3.8) is 0 Å². The highest BCUT2D eigenvalue weighted by Crippen LogP contribution is 2.32. The van der Waals surface area contributed by atoms with Crippen molar-refractivity contribution in [2.24, 2.45) is 0 Å². The molecular weight excluding hydrogens is 411 g/mol. The van der Waals surface area contributed by atoms with Gasteiger partial charge in [0.15, 0.2) is 0 Å². The number of rotatable bonds is 6. The van der Waals surface area contributed by atoms with Gasteiger partial charge in [-0.25, -0.2) is 0 Å². The summed E-state index contributed by atoms with van der Waals surface area (Å²) in [6.07, 6.45) is 1.70. The van der Waals surface area contributed by atoms with E-state index in [1.54, 1.807) is 30.3 Å². The SMILES string of the molecule is CC(=O)Nc1cccc(O[C@@H](NC(=O)/C=C\c2ccccc2)C(Cl)(Cl)Cl)c1. The zero-order valence-electron chi connectivity index (χ0n) is 14.3. The minimum absolute atomic E-state index is 0.232. The maximum absolute atomic E-state index is 12.2. The molecule has 0 aliphatic heterocycles. The lowest BCUT2D eigenvalue weighted by molar-refractivity contribution is -0.118. The maximum Gasteiger partial charge on any atom is 0.246 e. The Bertz CT molecular complexity index is 820. The summed E-state index contributed by atoms with van der Waals surface area (Å²) in [7, 11) is 0. The van der Waals surface area contributed by atoms with E-state index in [0.29, 0.717) is 11.4 Å². The highest BCUT2D eigenvalue weighted by molar-refractivity contribution is 6.68. The number of nitrogens with one attached hydrogen (secondary N) is 2. The van der Waals surface area contributed by atoms with Crippen molar-refractivity contribution in [2.75, 3.05) is 5.32 Å². The quantitative estimate of drug-likeness (QED) is 0.404. The van der Waals surface area contributed by atoms with Gasteiger partial charge in [-0.05, 0) is 23.8 Å². The molecule has 0 aliphatic carbocycles. The summed E-state index contributed by atoms with van der Waals surface area (Å²) in [5.74, 6) is -0.414. The molecule has 2 amide bonds. The van der Waals surface area contributed by atoms with Crippen LogP contribution in [0.3, 0.4) is 0 Å². The molecule has 2 rings (SSSR count). The highest BCUT2D eigenvalue weighted by atomic mass is 35.6. The molecule has 5 nitrogen and oxygen atoms in total. The number of anilines is 1. The zero-order valence-corrected chi connectivity index (χ0v) is 16.6. The summed E-state index contributed by atoms with van der Waals surface area (Å²) >= 11 is 17.8. The van der Waals surface area contributed by atoms with Crippen molar-refractivity contribution in [3.8, 4) is 5.75 Å². The van der Waals surface area contributed by atoms with E-state index in [1.807, 2.05) is 30.3 Å². The lowest BCUT2D eigenvalue weighted by Crippen LogP contribution is -2.47. The predicted molar refractivity (Wildman–Crippen MR) is 109 cm³/mol. The first kappa shape index (κ1) is 21.1. The number of halogens is 3. The van der Waals surface area contributed by atoms with E-state index in [-0.39, 0.29) is 5.91 Å². The van der Waals surface area contributed by atoms with Crippen LogP contribution in [0.25, 0.3) is 6.08 Å². The summed E-state index contributed by atoms with van der Waals surface area (Å²) in [6.45, 7) is 1.39. The summed E-state index contributed by atoms with van der Waals surface area (Å²) < 4.78 is 3.69. The normalized spacial score (nSPS) is 12.4. The molecule has 0 unspecified atom stereocenters. The Kier molecular flexibility index (Phi) is 7.54. The van der Waals surface area contributed by atoms with Crippen LogP contribution >= 0.6 is 34.8 Å². The number of amides is 2. The third kappa shape index (κ3) is 7.51. The molecule has 8 heteroatoms. The number of benzene rings is 2. The Morgan fingerprint density at radius 3 is 2.41 bits per heavy atom. The van der Waals surface area contributed by atoms with Crippen LogP contribution in [0.15, 0.2) is 60.7 Å². The number of ether oxygens (including phenoxy) is 1. The second kappa shape index (κ2) is 9.65. The predicted octanol–water partition coefficient (Wildman–Crippen LogP) is 4.55. The molecule has 2 N–H and O–H groups in total. The third-order valence-corrected chi connectivity index (χ3v) is 3.80. The van der Waals surface area contributed by atoms with Crippen LogP contribution in [-0.4, -0.2) is 21.8 Å². The van der Waals surface area contributed by atoms with Gasteiger partial charge in [-0.15, -0.1) is 0 Å². The van der Waals surface area contributed by atoms with Crippen LogP contribution in [0.2, 0.25) is 0 Å². The molecule has 0 fully saturated rings. The van der Waals surface area contributed by atoms with Crippen molar-refractivity contribution in [3.05, 3.63) is 66.2 Å². The molecule has 0 radical (unpaired) electrons. The Labute approximate surface area is 172 Å². The lowest BCUT2D eigenvalue weighted by atomic mass is 10.2. The fraction of sp³-hybridized carbons (Fsp3) is 0.158.